The minimum Gasteiger partial charge on any atom is -0.481 e. The van der Waals surface area contributed by atoms with Crippen LogP contribution < -0.4 is 5.32 Å². The first kappa shape index (κ1) is 15.9. The first-order chi connectivity index (χ1) is 8.83. The lowest BCUT2D eigenvalue weighted by atomic mass is 9.97. The van der Waals surface area contributed by atoms with Gasteiger partial charge in [0.2, 0.25) is 5.16 Å². The molecule has 0 aromatic carbocycles. The predicted molar refractivity (Wildman–Crippen MR) is 73.1 cm³/mol. The molecule has 1 rings (SSSR count). The van der Waals surface area contributed by atoms with Crippen molar-refractivity contribution in [1.29, 1.82) is 0 Å². The zero-order chi connectivity index (χ0) is 14.5. The van der Waals surface area contributed by atoms with Gasteiger partial charge in [-0.2, -0.15) is 0 Å². The van der Waals surface area contributed by atoms with E-state index in [4.69, 9.17) is 5.11 Å². The lowest BCUT2D eigenvalue weighted by Crippen LogP contribution is -2.28. The molecule has 0 bridgehead atoms. The van der Waals surface area contributed by atoms with E-state index in [-0.39, 0.29) is 0 Å². The molecule has 0 unspecified atom stereocenters. The number of aliphatic carboxylic acids is 1. The largest absolute Gasteiger partial charge is 0.481 e. The lowest BCUT2D eigenvalue weighted by Gasteiger charge is -2.17. The van der Waals surface area contributed by atoms with Crippen LogP contribution in [0, 0.1) is 5.41 Å². The van der Waals surface area contributed by atoms with Gasteiger partial charge in [-0.15, -0.1) is 5.10 Å². The first-order valence-electron chi connectivity index (χ1n) is 6.18. The molecule has 19 heavy (non-hydrogen) atoms. The zero-order valence-electron chi connectivity index (χ0n) is 11.8. The highest BCUT2D eigenvalue weighted by Crippen LogP contribution is 2.26. The fourth-order valence-electron chi connectivity index (χ4n) is 1.21. The molecule has 0 atom stereocenters. The molecule has 1 aromatic rings. The second kappa shape index (κ2) is 6.85. The van der Waals surface area contributed by atoms with Crippen molar-refractivity contribution >= 4 is 17.7 Å². The van der Waals surface area contributed by atoms with E-state index >= 15 is 0 Å². The Kier molecular flexibility index (Phi) is 5.74. The molecule has 0 radical (unpaired) electrons. The fraction of sp³-hybridized carbons (Fsp3) is 0.818. The van der Waals surface area contributed by atoms with Gasteiger partial charge in [0.25, 0.3) is 0 Å². The van der Waals surface area contributed by atoms with Crippen LogP contribution in [-0.4, -0.2) is 49.6 Å². The predicted octanol–water partition coefficient (Wildman–Crippen LogP) is 0.874. The summed E-state index contributed by atoms with van der Waals surface area (Å²) in [4.78, 5) is 11.0. The topological polar surface area (TPSA) is 92.9 Å². The minimum atomic E-state index is -0.819. The number of hydrogen-bond acceptors (Lipinski definition) is 6. The van der Waals surface area contributed by atoms with Gasteiger partial charge in [-0.1, -0.05) is 25.6 Å². The summed E-state index contributed by atoms with van der Waals surface area (Å²) in [6.07, 6.45) is 0. The van der Waals surface area contributed by atoms with Crippen LogP contribution in [-0.2, 0) is 11.3 Å². The second-order valence-electron chi connectivity index (χ2n) is 5.27. The maximum absolute atomic E-state index is 11.0. The molecule has 2 N–H and O–H groups in total. The standard InChI is InChI=1S/C11H21N5O2S/c1-8(2)12-5-6-16-10(13-14-15-16)19-7-11(3,4)9(17)18/h8,12H,5-7H2,1-4H3,(H,17,18). The Morgan fingerprint density at radius 2 is 2.21 bits per heavy atom. The Morgan fingerprint density at radius 3 is 2.79 bits per heavy atom. The normalized spacial score (nSPS) is 12.1. The first-order valence-corrected chi connectivity index (χ1v) is 7.17. The van der Waals surface area contributed by atoms with Crippen molar-refractivity contribution in [3.8, 4) is 0 Å². The molecule has 0 amide bonds. The van der Waals surface area contributed by atoms with Crippen molar-refractivity contribution in [2.45, 2.75) is 45.4 Å². The summed E-state index contributed by atoms with van der Waals surface area (Å²) in [5.41, 5.74) is -0.794. The van der Waals surface area contributed by atoms with Gasteiger partial charge in [-0.05, 0) is 24.3 Å². The maximum atomic E-state index is 11.0. The van der Waals surface area contributed by atoms with Gasteiger partial charge < -0.3 is 10.4 Å². The highest BCUT2D eigenvalue weighted by atomic mass is 32.2. The highest BCUT2D eigenvalue weighted by Gasteiger charge is 2.28. The summed E-state index contributed by atoms with van der Waals surface area (Å²) in [5.74, 6) is -0.388. The van der Waals surface area contributed by atoms with Gasteiger partial charge in [0.1, 0.15) is 0 Å². The number of carbonyl (C=O) groups is 1. The number of rotatable bonds is 8. The number of tetrazole rings is 1. The molecular weight excluding hydrogens is 266 g/mol. The molecule has 0 spiro atoms. The molecule has 0 saturated heterocycles. The summed E-state index contributed by atoms with van der Waals surface area (Å²) < 4.78 is 1.69. The van der Waals surface area contributed by atoms with E-state index in [0.29, 0.717) is 23.5 Å². The molecule has 7 nitrogen and oxygen atoms in total. The molecule has 1 aromatic heterocycles. The molecule has 8 heteroatoms. The monoisotopic (exact) mass is 287 g/mol. The van der Waals surface area contributed by atoms with Crippen LogP contribution in [0.4, 0.5) is 0 Å². The third kappa shape index (κ3) is 5.15. The van der Waals surface area contributed by atoms with E-state index in [1.54, 1.807) is 18.5 Å². The van der Waals surface area contributed by atoms with E-state index in [1.807, 2.05) is 0 Å². The van der Waals surface area contributed by atoms with Crippen molar-refractivity contribution in [1.82, 2.24) is 25.5 Å². The van der Waals surface area contributed by atoms with Crippen LogP contribution in [0.3, 0.4) is 0 Å². The summed E-state index contributed by atoms with van der Waals surface area (Å²) in [7, 11) is 0. The highest BCUT2D eigenvalue weighted by molar-refractivity contribution is 7.99. The molecule has 0 aliphatic carbocycles. The number of thioether (sulfide) groups is 1. The smallest absolute Gasteiger partial charge is 0.309 e. The zero-order valence-corrected chi connectivity index (χ0v) is 12.6. The number of nitrogens with one attached hydrogen (secondary N) is 1. The molecule has 1 heterocycles. The molecule has 108 valence electrons. The number of nitrogens with zero attached hydrogens (tertiary/aromatic N) is 4. The maximum Gasteiger partial charge on any atom is 0.309 e. The van der Waals surface area contributed by atoms with Crippen molar-refractivity contribution in [2.75, 3.05) is 12.3 Å². The van der Waals surface area contributed by atoms with Crippen molar-refractivity contribution in [3.63, 3.8) is 0 Å². The van der Waals surface area contributed by atoms with Crippen molar-refractivity contribution in [3.05, 3.63) is 0 Å². The number of carboxylic acid groups (broad SMARTS) is 1. The average Bonchev–Trinajstić information content (AvgIpc) is 2.73. The van der Waals surface area contributed by atoms with Gasteiger partial charge in [0.05, 0.1) is 12.0 Å². The Bertz CT molecular complexity index is 419. The number of hydrogen-bond donors (Lipinski definition) is 2. The van der Waals surface area contributed by atoms with E-state index < -0.39 is 11.4 Å². The van der Waals surface area contributed by atoms with Gasteiger partial charge in [0.15, 0.2) is 0 Å². The van der Waals surface area contributed by atoms with Crippen molar-refractivity contribution < 1.29 is 9.90 Å². The van der Waals surface area contributed by atoms with Crippen LogP contribution in [0.5, 0.6) is 0 Å². The van der Waals surface area contributed by atoms with Gasteiger partial charge in [-0.25, -0.2) is 4.68 Å². The average molecular weight is 287 g/mol. The van der Waals surface area contributed by atoms with Crippen LogP contribution in [0.1, 0.15) is 27.7 Å². The van der Waals surface area contributed by atoms with E-state index in [1.165, 1.54) is 11.8 Å². The van der Waals surface area contributed by atoms with Crippen LogP contribution in [0.25, 0.3) is 0 Å². The Labute approximate surface area is 117 Å². The van der Waals surface area contributed by atoms with Crippen LogP contribution in [0.2, 0.25) is 0 Å². The van der Waals surface area contributed by atoms with Crippen LogP contribution in [0.15, 0.2) is 5.16 Å². The minimum absolute atomic E-state index is 0.415. The summed E-state index contributed by atoms with van der Waals surface area (Å²) in [6, 6.07) is 0.415. The van der Waals surface area contributed by atoms with E-state index in [9.17, 15) is 4.79 Å². The quantitative estimate of drug-likeness (QED) is 0.685. The molecule has 0 saturated carbocycles. The molecule has 0 aliphatic heterocycles. The number of aromatic nitrogens is 4. The van der Waals surface area contributed by atoms with Gasteiger partial charge in [-0.3, -0.25) is 4.79 Å². The third-order valence-electron chi connectivity index (χ3n) is 2.52. The summed E-state index contributed by atoms with van der Waals surface area (Å²) >= 11 is 1.37. The molecular formula is C11H21N5O2S. The third-order valence-corrected chi connectivity index (χ3v) is 3.93. The van der Waals surface area contributed by atoms with Crippen LogP contribution >= 0.6 is 11.8 Å². The van der Waals surface area contributed by atoms with E-state index in [0.717, 1.165) is 6.54 Å². The van der Waals surface area contributed by atoms with Crippen molar-refractivity contribution in [2.24, 2.45) is 5.41 Å². The number of carboxylic acids is 1. The summed E-state index contributed by atoms with van der Waals surface area (Å²) in [6.45, 7) is 8.97. The lowest BCUT2D eigenvalue weighted by molar-refractivity contribution is -0.145. The molecule has 0 fully saturated rings. The SMILES string of the molecule is CC(C)NCCn1nnnc1SCC(C)(C)C(=O)O. The Morgan fingerprint density at radius 1 is 1.53 bits per heavy atom. The Balaban J connectivity index is 2.51. The molecule has 0 aliphatic rings. The van der Waals surface area contributed by atoms with Gasteiger partial charge in [0, 0.05) is 18.3 Å². The van der Waals surface area contributed by atoms with E-state index in [2.05, 4.69) is 34.7 Å². The van der Waals surface area contributed by atoms with Gasteiger partial charge >= 0.3 is 5.97 Å². The Hall–Kier alpha value is -1.15. The summed E-state index contributed by atoms with van der Waals surface area (Å²) in [5, 5.41) is 24.5. The fourth-order valence-corrected chi connectivity index (χ4v) is 2.19. The second-order valence-corrected chi connectivity index (χ2v) is 6.21.